The van der Waals surface area contributed by atoms with Crippen LogP contribution in [0.25, 0.3) is 0 Å². The first-order valence-electron chi connectivity index (χ1n) is 30.8. The Balaban J connectivity index is -0.000000119. The van der Waals surface area contributed by atoms with Crippen molar-refractivity contribution in [3.63, 3.8) is 0 Å². The number of hydrogen-bond acceptors (Lipinski definition) is 12. The first kappa shape index (κ1) is 100. The monoisotopic (exact) mass is 1450 g/mol. The summed E-state index contributed by atoms with van der Waals surface area (Å²) in [5, 5.41) is 0. The summed E-state index contributed by atoms with van der Waals surface area (Å²) < 4.78 is 19.7. The molecule has 4 radical (unpaired) electrons. The standard InChI is InChI=1S/4C16H30O2S.2CH4.H2S.2Sn/c4*1-2-3-4-5-6-7-8-9-10-11-12-13-16(17)18-14-15-19;;;;;/h4*7-8,19H,2-6,9-15H2,1H3;2*1H4;1H2;;/q;;;;;;;2*+2/p-4/b4*8-7+;;;;;. The fourth-order valence-electron chi connectivity index (χ4n) is 7.44. The first-order valence-corrected chi connectivity index (χ1v) is 33.1. The summed E-state index contributed by atoms with van der Waals surface area (Å²) in [6.45, 7) is 10.5. The molecule has 0 aromatic heterocycles. The summed E-state index contributed by atoms with van der Waals surface area (Å²) in [6.07, 6.45) is 64.0. The molecule has 0 bridgehead atoms. The number of hydrogen-bond donors (Lipinski definition) is 0. The molecule has 0 aliphatic carbocycles. The molecule has 0 N–H and O–H groups in total. The quantitative estimate of drug-likeness (QED) is 0.0145. The zero-order chi connectivity index (χ0) is 56.7. The van der Waals surface area contributed by atoms with Gasteiger partial charge in [0.15, 0.2) is 0 Å². The van der Waals surface area contributed by atoms with Crippen molar-refractivity contribution in [2.75, 3.05) is 49.4 Å². The molecular weight excluding hydrogens is 1320 g/mol. The van der Waals surface area contributed by atoms with Crippen LogP contribution >= 0.6 is 13.5 Å². The fourth-order valence-corrected chi connectivity index (χ4v) is 7.78. The Morgan fingerprint density at radius 1 is 0.272 bits per heavy atom. The second kappa shape index (κ2) is 96.5. The van der Waals surface area contributed by atoms with Crippen LogP contribution in [0.4, 0.5) is 0 Å². The number of unbranched alkanes of at least 4 members (excludes halogenated alkanes) is 28. The Bertz CT molecular complexity index is 1120. The van der Waals surface area contributed by atoms with E-state index in [0.717, 1.165) is 77.0 Å². The predicted molar refractivity (Wildman–Crippen MR) is 372 cm³/mol. The van der Waals surface area contributed by atoms with Gasteiger partial charge in [-0.05, 0) is 128 Å². The molecule has 0 aliphatic rings. The molecule has 0 amide bonds. The van der Waals surface area contributed by atoms with Gasteiger partial charge in [-0.3, -0.25) is 19.2 Å². The Morgan fingerprint density at radius 3 is 0.556 bits per heavy atom. The third-order valence-electron chi connectivity index (χ3n) is 12.0. The summed E-state index contributed by atoms with van der Waals surface area (Å²) in [4.78, 5) is 44.7. The van der Waals surface area contributed by atoms with Crippen molar-refractivity contribution in [2.24, 2.45) is 0 Å². The molecule has 0 saturated heterocycles. The molecule has 476 valence electrons. The van der Waals surface area contributed by atoms with Crippen molar-refractivity contribution in [3.8, 4) is 0 Å². The third-order valence-corrected chi connectivity index (χ3v) is 12.6. The number of ether oxygens (including phenoxy) is 4. The van der Waals surface area contributed by atoms with E-state index in [9.17, 15) is 19.2 Å². The van der Waals surface area contributed by atoms with Crippen molar-refractivity contribution in [3.05, 3.63) is 48.6 Å². The van der Waals surface area contributed by atoms with E-state index >= 15 is 0 Å². The minimum Gasteiger partial charge on any atom is -0.789 e. The largest absolute Gasteiger partial charge is 2.00 e. The molecule has 0 unspecified atom stereocenters. The van der Waals surface area contributed by atoms with Crippen LogP contribution in [-0.2, 0) is 88.6 Å². The maximum Gasteiger partial charge on any atom is 2.00 e. The third kappa shape index (κ3) is 105. The predicted octanol–water partition coefficient (Wildman–Crippen LogP) is 18.8. The fraction of sp³-hybridized carbons (Fsp3) is 0.818. The van der Waals surface area contributed by atoms with Gasteiger partial charge in [0.2, 0.25) is 0 Å². The number of carbonyl (C=O) groups is 4. The van der Waals surface area contributed by atoms with Crippen molar-refractivity contribution < 1.29 is 38.1 Å². The maximum atomic E-state index is 11.2. The molecule has 81 heavy (non-hydrogen) atoms. The second-order valence-corrected chi connectivity index (χ2v) is 21.0. The Morgan fingerprint density at radius 2 is 0.420 bits per heavy atom. The molecule has 0 rings (SSSR count). The minimum atomic E-state index is -0.101. The molecule has 0 atom stereocenters. The summed E-state index contributed by atoms with van der Waals surface area (Å²) in [6, 6.07) is 0. The van der Waals surface area contributed by atoms with E-state index in [4.69, 9.17) is 69.5 Å². The van der Waals surface area contributed by atoms with Gasteiger partial charge in [0.25, 0.3) is 0 Å². The first-order chi connectivity index (χ1) is 37.2. The Labute approximate surface area is 566 Å². The van der Waals surface area contributed by atoms with Gasteiger partial charge in [0.05, 0.1) is 26.4 Å². The molecule has 0 spiro atoms. The molecule has 0 aliphatic heterocycles. The van der Waals surface area contributed by atoms with E-state index in [2.05, 4.69) is 76.3 Å². The van der Waals surface area contributed by atoms with Crippen molar-refractivity contribution in [2.45, 2.75) is 299 Å². The van der Waals surface area contributed by atoms with Crippen LogP contribution in [0.15, 0.2) is 48.6 Å². The van der Waals surface area contributed by atoms with Crippen LogP contribution in [0.5, 0.6) is 0 Å². The van der Waals surface area contributed by atoms with E-state index < -0.39 is 0 Å². The Kier molecular flexibility index (Phi) is 119. The average molecular weight is 1450 g/mol. The van der Waals surface area contributed by atoms with Crippen LogP contribution in [0.3, 0.4) is 0 Å². The molecule has 0 fully saturated rings. The number of rotatable bonds is 52. The zero-order valence-corrected chi connectivity index (χ0v) is 60.9. The second-order valence-electron chi connectivity index (χ2n) is 19.4. The van der Waals surface area contributed by atoms with E-state index in [1.54, 1.807) is 0 Å². The van der Waals surface area contributed by atoms with E-state index in [1.165, 1.54) is 154 Å². The molecule has 15 heteroatoms. The number of allylic oxidation sites excluding steroid dienone is 8. The average Bonchev–Trinajstić information content (AvgIpc) is 3.42. The molecule has 8 nitrogen and oxygen atoms in total. The summed E-state index contributed by atoms with van der Waals surface area (Å²) >= 11 is 18.9. The molecule has 0 aromatic rings. The van der Waals surface area contributed by atoms with Gasteiger partial charge in [-0.1, -0.05) is 194 Å². The molecule has 0 heterocycles. The van der Waals surface area contributed by atoms with Gasteiger partial charge in [0.1, 0.15) is 0 Å². The van der Waals surface area contributed by atoms with Crippen LogP contribution < -0.4 is 0 Å². The van der Waals surface area contributed by atoms with Crippen LogP contribution in [-0.4, -0.2) is 121 Å². The van der Waals surface area contributed by atoms with Crippen LogP contribution in [0.2, 0.25) is 0 Å². The minimum absolute atomic E-state index is 0. The topological polar surface area (TPSA) is 105 Å². The van der Waals surface area contributed by atoms with Crippen molar-refractivity contribution >= 4 is 136 Å². The number of esters is 4. The van der Waals surface area contributed by atoms with E-state index in [1.807, 2.05) is 0 Å². The van der Waals surface area contributed by atoms with Gasteiger partial charge >= 0.3 is 71.7 Å². The Hall–Kier alpha value is 0.187. The SMILES string of the molecule is C.C.CCCCCC/C=C/CCCCCC(=O)OCC[S-].CCCCCC/C=C/CCCCCC(=O)OCC[S-].CCCCCC/C=C/CCCCCC(=O)OCC[S-].CCCCCC/C=C/CCCCCC(=O)OCC[S-].S.[Sn+2].[Sn+2]. The van der Waals surface area contributed by atoms with E-state index in [-0.39, 0.29) is 100 Å². The van der Waals surface area contributed by atoms with Gasteiger partial charge in [0, 0.05) is 25.7 Å². The summed E-state index contributed by atoms with van der Waals surface area (Å²) in [5.74, 6) is 1.58. The van der Waals surface area contributed by atoms with Gasteiger partial charge < -0.3 is 69.5 Å². The van der Waals surface area contributed by atoms with Crippen molar-refractivity contribution in [1.29, 1.82) is 0 Å². The number of carbonyl (C=O) groups excluding carboxylic acids is 4. The van der Waals surface area contributed by atoms with Crippen LogP contribution in [0, 0.1) is 0 Å². The van der Waals surface area contributed by atoms with Gasteiger partial charge in [-0.25, -0.2) is 0 Å². The van der Waals surface area contributed by atoms with Gasteiger partial charge in [-0.15, -0.1) is 23.0 Å². The zero-order valence-electron chi connectivity index (χ0n) is 51.0. The molecule has 0 aromatic carbocycles. The normalized spacial score (nSPS) is 10.4. The maximum absolute atomic E-state index is 11.2. The summed E-state index contributed by atoms with van der Waals surface area (Å²) in [7, 11) is 0. The smallest absolute Gasteiger partial charge is 0.789 e. The van der Waals surface area contributed by atoms with Gasteiger partial charge in [-0.2, -0.15) is 13.5 Å². The molecular formula is C66H126O8S5Sn2. The van der Waals surface area contributed by atoms with E-state index in [0.29, 0.717) is 75.1 Å². The van der Waals surface area contributed by atoms with Crippen LogP contribution in [0.1, 0.15) is 299 Å². The summed E-state index contributed by atoms with van der Waals surface area (Å²) in [5.41, 5.74) is 0. The molecule has 0 saturated carbocycles. The van der Waals surface area contributed by atoms with Crippen molar-refractivity contribution in [1.82, 2.24) is 0 Å².